The van der Waals surface area contributed by atoms with Crippen LogP contribution in [0.5, 0.6) is 5.75 Å². The lowest BCUT2D eigenvalue weighted by Crippen LogP contribution is -2.52. The standard InChI is InChI=1S/C35H47ClN4O7S/c1-4-37-48(44,45)38-34(42)35(43)21-33(41)39(2)17-7-6-10-31(46-3)29-15-12-25(29)22-40-18-8-5-9-24-19-28(36)14-11-26(24)23-47-32-16-13-27(35)20-30(32)40/h6,10-11,13-14,16,19-20,25,29,31,37,43H,4-5,7-9,12,15,17-18,21-23H2,1-3H3,(H,38,42)/b10-6+/t25-,29+,31-,35+/m0/s1. The maximum atomic E-state index is 13.7. The van der Waals surface area contributed by atoms with E-state index < -0.39 is 34.0 Å². The van der Waals surface area contributed by atoms with Crippen molar-refractivity contribution < 1.29 is 32.6 Å². The predicted molar refractivity (Wildman–Crippen MR) is 185 cm³/mol. The highest BCUT2D eigenvalue weighted by atomic mass is 35.5. The molecule has 2 heterocycles. The first-order valence-corrected chi connectivity index (χ1v) is 18.6. The molecule has 0 unspecified atom stereocenters. The van der Waals surface area contributed by atoms with E-state index in [0.717, 1.165) is 43.2 Å². The van der Waals surface area contributed by atoms with E-state index in [9.17, 15) is 23.1 Å². The van der Waals surface area contributed by atoms with Gasteiger partial charge in [-0.3, -0.25) is 9.59 Å². The molecule has 1 fully saturated rings. The van der Waals surface area contributed by atoms with Crippen LogP contribution in [0.1, 0.15) is 62.1 Å². The number of anilines is 1. The third-order valence-electron chi connectivity index (χ3n) is 9.80. The minimum atomic E-state index is -4.29. The maximum Gasteiger partial charge on any atom is 0.301 e. The second-order valence-corrected chi connectivity index (χ2v) is 14.9. The number of methoxy groups -OCH3 is 1. The molecule has 13 heteroatoms. The number of carbonyl (C=O) groups is 2. The van der Waals surface area contributed by atoms with Crippen LogP contribution in [0.4, 0.5) is 5.69 Å². The number of nitrogens with one attached hydrogen (secondary N) is 2. The molecule has 262 valence electrons. The third kappa shape index (κ3) is 8.34. The molecule has 0 aromatic heterocycles. The number of carbonyl (C=O) groups excluding carboxylic acids is 2. The molecule has 4 atom stereocenters. The van der Waals surface area contributed by atoms with Gasteiger partial charge >= 0.3 is 10.2 Å². The van der Waals surface area contributed by atoms with Crippen molar-refractivity contribution in [2.24, 2.45) is 11.8 Å². The highest BCUT2D eigenvalue weighted by Gasteiger charge is 2.44. The van der Waals surface area contributed by atoms with Gasteiger partial charge in [-0.2, -0.15) is 13.1 Å². The van der Waals surface area contributed by atoms with E-state index in [1.807, 2.05) is 29.0 Å². The van der Waals surface area contributed by atoms with Crippen LogP contribution in [0.3, 0.4) is 0 Å². The number of hydrogen-bond acceptors (Lipinski definition) is 8. The predicted octanol–water partition coefficient (Wildman–Crippen LogP) is 4.07. The van der Waals surface area contributed by atoms with Gasteiger partial charge in [-0.05, 0) is 91.3 Å². The molecule has 2 aromatic carbocycles. The van der Waals surface area contributed by atoms with Crippen molar-refractivity contribution in [2.75, 3.05) is 45.2 Å². The van der Waals surface area contributed by atoms with Crippen molar-refractivity contribution in [1.29, 1.82) is 0 Å². The first kappa shape index (κ1) is 36.1. The van der Waals surface area contributed by atoms with Gasteiger partial charge in [0.15, 0.2) is 5.60 Å². The number of nitrogens with zero attached hydrogens (tertiary/aromatic N) is 2. The van der Waals surface area contributed by atoms with Crippen molar-refractivity contribution >= 4 is 39.3 Å². The summed E-state index contributed by atoms with van der Waals surface area (Å²) in [5, 5.41) is 12.8. The Balaban J connectivity index is 1.62. The van der Waals surface area contributed by atoms with Crippen molar-refractivity contribution in [3.05, 3.63) is 70.3 Å². The first-order valence-electron chi connectivity index (χ1n) is 16.7. The summed E-state index contributed by atoms with van der Waals surface area (Å²) in [7, 11) is -0.968. The lowest BCUT2D eigenvalue weighted by atomic mass is 9.70. The van der Waals surface area contributed by atoms with Gasteiger partial charge in [0.2, 0.25) is 5.91 Å². The summed E-state index contributed by atoms with van der Waals surface area (Å²) in [6.45, 7) is 3.59. The largest absolute Gasteiger partial charge is 0.487 e. The highest BCUT2D eigenvalue weighted by molar-refractivity contribution is 7.88. The molecular formula is C35H47ClN4O7S. The molecule has 11 nitrogen and oxygen atoms in total. The van der Waals surface area contributed by atoms with Crippen LogP contribution in [0, 0.1) is 11.8 Å². The number of fused-ring (bicyclic) bond motifs is 3. The number of rotatable bonds is 5. The fourth-order valence-electron chi connectivity index (χ4n) is 6.85. The number of ether oxygens (including phenoxy) is 2. The van der Waals surface area contributed by atoms with E-state index in [2.05, 4.69) is 15.7 Å². The molecule has 0 radical (unpaired) electrons. The van der Waals surface area contributed by atoms with Crippen LogP contribution >= 0.6 is 11.6 Å². The van der Waals surface area contributed by atoms with Gasteiger partial charge in [-0.25, -0.2) is 4.72 Å². The highest BCUT2D eigenvalue weighted by Crippen LogP contribution is 2.42. The Bertz CT molecular complexity index is 1620. The Morgan fingerprint density at radius 1 is 1.15 bits per heavy atom. The van der Waals surface area contributed by atoms with Crippen molar-refractivity contribution in [3.8, 4) is 5.75 Å². The normalized spacial score (nSPS) is 26.2. The van der Waals surface area contributed by atoms with Gasteiger partial charge < -0.3 is 24.4 Å². The minimum Gasteiger partial charge on any atom is -0.487 e. The van der Waals surface area contributed by atoms with Crippen molar-refractivity contribution in [2.45, 2.75) is 70.2 Å². The van der Waals surface area contributed by atoms with Crippen molar-refractivity contribution in [3.63, 3.8) is 0 Å². The molecule has 2 aliphatic heterocycles. The number of amides is 2. The zero-order chi connectivity index (χ0) is 34.5. The third-order valence-corrected chi connectivity index (χ3v) is 11.2. The number of hydrogen-bond donors (Lipinski definition) is 3. The molecule has 1 aliphatic carbocycles. The Hall–Kier alpha value is -3.16. The van der Waals surface area contributed by atoms with E-state index >= 15 is 0 Å². The molecule has 5 rings (SSSR count). The smallest absolute Gasteiger partial charge is 0.301 e. The van der Waals surface area contributed by atoms with E-state index in [4.69, 9.17) is 21.1 Å². The Morgan fingerprint density at radius 2 is 1.96 bits per heavy atom. The molecule has 0 saturated heterocycles. The van der Waals surface area contributed by atoms with E-state index in [-0.39, 0.29) is 24.8 Å². The van der Waals surface area contributed by atoms with E-state index in [1.54, 1.807) is 33.2 Å². The second kappa shape index (κ2) is 15.6. The van der Waals surface area contributed by atoms with Crippen LogP contribution in [0.25, 0.3) is 0 Å². The summed E-state index contributed by atoms with van der Waals surface area (Å²) in [4.78, 5) is 30.9. The Kier molecular flexibility index (Phi) is 11.7. The molecule has 48 heavy (non-hydrogen) atoms. The summed E-state index contributed by atoms with van der Waals surface area (Å²) >= 11 is 6.35. The van der Waals surface area contributed by atoms with Crippen LogP contribution in [-0.4, -0.2) is 76.7 Å². The second-order valence-electron chi connectivity index (χ2n) is 13.0. The van der Waals surface area contributed by atoms with E-state index in [1.165, 1.54) is 11.0 Å². The maximum absolute atomic E-state index is 13.7. The number of aliphatic hydroxyl groups is 1. The summed E-state index contributed by atoms with van der Waals surface area (Å²) in [5.41, 5.74) is 0.397. The molecule has 3 N–H and O–H groups in total. The molecule has 2 aromatic rings. The number of benzene rings is 2. The molecular weight excluding hydrogens is 656 g/mol. The fraction of sp³-hybridized carbons (Fsp3) is 0.543. The van der Waals surface area contributed by atoms with Crippen LogP contribution in [0.2, 0.25) is 5.02 Å². The minimum absolute atomic E-state index is 0.0306. The van der Waals surface area contributed by atoms with Crippen LogP contribution in [0.15, 0.2) is 48.6 Å². The molecule has 2 bridgehead atoms. The van der Waals surface area contributed by atoms with Gasteiger partial charge in [0.1, 0.15) is 12.4 Å². The SMILES string of the molecule is CCNS(=O)(=O)NC(=O)[C@@]1(O)CC(=O)N(C)CC/C=C/[C@H](OC)[C@@H]2CC[C@H]2CN2CCCCc3cc(Cl)ccc3COc3ccc1cc32. The lowest BCUT2D eigenvalue weighted by Gasteiger charge is -2.43. The summed E-state index contributed by atoms with van der Waals surface area (Å²) in [6, 6.07) is 10.7. The molecule has 2 amide bonds. The van der Waals surface area contributed by atoms with Gasteiger partial charge in [-0.15, -0.1) is 0 Å². The zero-order valence-corrected chi connectivity index (χ0v) is 29.5. The van der Waals surface area contributed by atoms with Crippen LogP contribution in [-0.2, 0) is 43.2 Å². The van der Waals surface area contributed by atoms with Gasteiger partial charge in [0.05, 0.1) is 18.2 Å². The average Bonchev–Trinajstić information content (AvgIpc) is 3.06. The summed E-state index contributed by atoms with van der Waals surface area (Å²) in [6.07, 6.45) is 8.56. The zero-order valence-electron chi connectivity index (χ0n) is 27.9. The quantitative estimate of drug-likeness (QED) is 0.397. The molecule has 0 spiro atoms. The number of aryl methyl sites for hydroxylation is 1. The Morgan fingerprint density at radius 3 is 2.69 bits per heavy atom. The molecule has 1 saturated carbocycles. The van der Waals surface area contributed by atoms with Gasteiger partial charge in [-0.1, -0.05) is 42.8 Å². The fourth-order valence-corrected chi connectivity index (χ4v) is 7.91. The number of halogens is 1. The van der Waals surface area contributed by atoms with Gasteiger partial charge in [0, 0.05) is 45.4 Å². The summed E-state index contributed by atoms with van der Waals surface area (Å²) in [5.74, 6) is -0.566. The van der Waals surface area contributed by atoms with E-state index in [0.29, 0.717) is 54.4 Å². The van der Waals surface area contributed by atoms with Gasteiger partial charge in [0.25, 0.3) is 5.91 Å². The average molecular weight is 703 g/mol. The summed E-state index contributed by atoms with van der Waals surface area (Å²) < 4.78 is 41.8. The van der Waals surface area contributed by atoms with Crippen molar-refractivity contribution in [1.82, 2.24) is 14.3 Å². The first-order chi connectivity index (χ1) is 22.9. The topological polar surface area (TPSA) is 138 Å². The monoisotopic (exact) mass is 702 g/mol. The van der Waals surface area contributed by atoms with Crippen LogP contribution < -0.4 is 19.1 Å². The molecule has 3 aliphatic rings. The Labute approximate surface area is 288 Å². The lowest BCUT2D eigenvalue weighted by molar-refractivity contribution is -0.148.